The Hall–Kier alpha value is -2.60. The molecule has 118 valence electrons. The Morgan fingerprint density at radius 2 is 2.09 bits per heavy atom. The van der Waals surface area contributed by atoms with Gasteiger partial charge in [-0.1, -0.05) is 26.0 Å². The highest BCUT2D eigenvalue weighted by molar-refractivity contribution is 7.17. The van der Waals surface area contributed by atoms with Crippen molar-refractivity contribution < 1.29 is 9.90 Å². The largest absolute Gasteiger partial charge is 0.505 e. The normalized spacial score (nSPS) is 11.1. The van der Waals surface area contributed by atoms with E-state index in [1.807, 2.05) is 18.2 Å². The Morgan fingerprint density at radius 3 is 2.83 bits per heavy atom. The van der Waals surface area contributed by atoms with E-state index < -0.39 is 11.5 Å². The number of carbonyl (C=O) groups excluding carboxylic acids is 1. The first-order chi connectivity index (χ1) is 11.0. The molecule has 0 aliphatic rings. The molecule has 0 fully saturated rings. The maximum absolute atomic E-state index is 12.4. The molecule has 0 unspecified atom stereocenters. The average Bonchev–Trinajstić information content (AvgIpc) is 2.96. The van der Waals surface area contributed by atoms with Crippen molar-refractivity contribution in [3.8, 4) is 5.75 Å². The van der Waals surface area contributed by atoms with Crippen LogP contribution in [0.15, 0.2) is 40.5 Å². The topological polar surface area (TPSA) is 82.2 Å². The lowest BCUT2D eigenvalue weighted by atomic mass is 10.0. The number of carbonyl (C=O) groups is 1. The highest BCUT2D eigenvalue weighted by Gasteiger charge is 2.20. The fraction of sp³-hybridized carbons (Fsp3) is 0.176. The summed E-state index contributed by atoms with van der Waals surface area (Å²) in [7, 11) is 0. The molecule has 5 nitrogen and oxygen atoms in total. The molecule has 0 aliphatic heterocycles. The van der Waals surface area contributed by atoms with Crippen molar-refractivity contribution >= 4 is 33.1 Å². The second kappa shape index (κ2) is 5.89. The highest BCUT2D eigenvalue weighted by atomic mass is 32.1. The summed E-state index contributed by atoms with van der Waals surface area (Å²) in [5.41, 5.74) is 1.32. The van der Waals surface area contributed by atoms with Crippen LogP contribution in [0.1, 0.15) is 35.7 Å². The first-order valence-corrected chi connectivity index (χ1v) is 8.09. The number of amides is 1. The minimum Gasteiger partial charge on any atom is -0.505 e. The van der Waals surface area contributed by atoms with Gasteiger partial charge in [-0.2, -0.15) is 0 Å². The van der Waals surface area contributed by atoms with Gasteiger partial charge >= 0.3 is 0 Å². The van der Waals surface area contributed by atoms with Gasteiger partial charge in [-0.25, -0.2) is 0 Å². The summed E-state index contributed by atoms with van der Waals surface area (Å²) in [6, 6.07) is 9.12. The third-order valence-corrected chi connectivity index (χ3v) is 4.55. The van der Waals surface area contributed by atoms with Gasteiger partial charge in [0.1, 0.15) is 5.56 Å². The van der Waals surface area contributed by atoms with Crippen LogP contribution in [0.25, 0.3) is 10.2 Å². The van der Waals surface area contributed by atoms with E-state index in [1.165, 1.54) is 11.3 Å². The zero-order valence-electron chi connectivity index (χ0n) is 12.7. The number of anilines is 1. The molecule has 0 atom stereocenters. The number of fused-ring (bicyclic) bond motifs is 1. The Labute approximate surface area is 136 Å². The van der Waals surface area contributed by atoms with Crippen molar-refractivity contribution in [3.05, 3.63) is 57.2 Å². The van der Waals surface area contributed by atoms with E-state index in [9.17, 15) is 14.7 Å². The lowest BCUT2D eigenvalue weighted by Crippen LogP contribution is -2.23. The number of nitrogens with one attached hydrogen (secondary N) is 2. The first kappa shape index (κ1) is 15.3. The summed E-state index contributed by atoms with van der Waals surface area (Å²) >= 11 is 1.27. The number of hydrogen-bond acceptors (Lipinski definition) is 4. The molecule has 3 rings (SSSR count). The molecule has 3 aromatic rings. The van der Waals surface area contributed by atoms with Crippen molar-refractivity contribution in [3.63, 3.8) is 0 Å². The van der Waals surface area contributed by atoms with Gasteiger partial charge < -0.3 is 15.4 Å². The lowest BCUT2D eigenvalue weighted by molar-refractivity contribution is 0.102. The standard InChI is InChI=1S/C17H16N2O3S/c1-9(2)10-4-3-5-11(8-10)18-16(21)13-14(20)15-12(6-7-23-15)19-17(13)22/h3-9H,1-2H3,(H,18,21)(H2,19,20,22). The molecule has 0 radical (unpaired) electrons. The minimum absolute atomic E-state index is 0.269. The smallest absolute Gasteiger partial charge is 0.265 e. The Kier molecular flexibility index (Phi) is 3.92. The number of aromatic amines is 1. The molecule has 1 amide bonds. The monoisotopic (exact) mass is 328 g/mol. The highest BCUT2D eigenvalue weighted by Crippen LogP contribution is 2.30. The summed E-state index contributed by atoms with van der Waals surface area (Å²) in [6.07, 6.45) is 0. The fourth-order valence-electron chi connectivity index (χ4n) is 2.38. The average molecular weight is 328 g/mol. The van der Waals surface area contributed by atoms with E-state index in [0.717, 1.165) is 5.56 Å². The predicted octanol–water partition coefficient (Wildman–Crippen LogP) is 3.67. The van der Waals surface area contributed by atoms with Crippen molar-refractivity contribution in [2.45, 2.75) is 19.8 Å². The van der Waals surface area contributed by atoms with Gasteiger partial charge in [-0.15, -0.1) is 11.3 Å². The molecule has 2 heterocycles. The van der Waals surface area contributed by atoms with Crippen LogP contribution in [0.2, 0.25) is 0 Å². The summed E-state index contributed by atoms with van der Waals surface area (Å²) in [6.45, 7) is 4.12. The van der Waals surface area contributed by atoms with Crippen LogP contribution in [0.3, 0.4) is 0 Å². The van der Waals surface area contributed by atoms with E-state index in [4.69, 9.17) is 0 Å². The number of H-pyrrole nitrogens is 1. The molecular formula is C17H16N2O3S. The van der Waals surface area contributed by atoms with E-state index >= 15 is 0 Å². The van der Waals surface area contributed by atoms with Crippen molar-refractivity contribution in [1.29, 1.82) is 0 Å². The number of rotatable bonds is 3. The number of aromatic hydroxyl groups is 1. The maximum Gasteiger partial charge on any atom is 0.265 e. The molecule has 0 spiro atoms. The molecule has 23 heavy (non-hydrogen) atoms. The third kappa shape index (κ3) is 2.85. The van der Waals surface area contributed by atoms with Gasteiger partial charge in [0.15, 0.2) is 5.75 Å². The van der Waals surface area contributed by atoms with Crippen LogP contribution >= 0.6 is 11.3 Å². The molecule has 0 aliphatic carbocycles. The zero-order valence-corrected chi connectivity index (χ0v) is 13.5. The van der Waals surface area contributed by atoms with Crippen molar-refractivity contribution in [2.24, 2.45) is 0 Å². The van der Waals surface area contributed by atoms with Crippen LogP contribution in [-0.4, -0.2) is 16.0 Å². The molecule has 2 aromatic heterocycles. The van der Waals surface area contributed by atoms with Gasteiger partial charge in [-0.3, -0.25) is 9.59 Å². The van der Waals surface area contributed by atoms with Gasteiger partial charge in [0, 0.05) is 5.69 Å². The van der Waals surface area contributed by atoms with Crippen LogP contribution < -0.4 is 10.9 Å². The number of hydrogen-bond donors (Lipinski definition) is 3. The first-order valence-electron chi connectivity index (χ1n) is 7.21. The second-order valence-corrected chi connectivity index (χ2v) is 6.49. The predicted molar refractivity (Wildman–Crippen MR) is 92.6 cm³/mol. The van der Waals surface area contributed by atoms with Crippen LogP contribution in [0.5, 0.6) is 5.75 Å². The zero-order chi connectivity index (χ0) is 16.6. The van der Waals surface area contributed by atoms with E-state index in [2.05, 4.69) is 24.1 Å². The van der Waals surface area contributed by atoms with E-state index in [-0.39, 0.29) is 11.3 Å². The third-order valence-electron chi connectivity index (χ3n) is 3.63. The van der Waals surface area contributed by atoms with Gasteiger partial charge in [0.2, 0.25) is 0 Å². The number of thiophene rings is 1. The van der Waals surface area contributed by atoms with Crippen LogP contribution in [0, 0.1) is 0 Å². The summed E-state index contributed by atoms with van der Waals surface area (Å²) in [5, 5.41) is 14.7. The fourth-order valence-corrected chi connectivity index (χ4v) is 3.18. The SMILES string of the molecule is CC(C)c1cccc(NC(=O)c2c(O)c3sccc3[nH]c2=O)c1. The number of aromatic nitrogens is 1. The number of benzene rings is 1. The Bertz CT molecular complexity index is 940. The lowest BCUT2D eigenvalue weighted by Gasteiger charge is -2.10. The molecule has 0 bridgehead atoms. The van der Waals surface area contributed by atoms with Gasteiger partial charge in [0.25, 0.3) is 11.5 Å². The molecule has 1 aromatic carbocycles. The molecule has 6 heteroatoms. The van der Waals surface area contributed by atoms with E-state index in [0.29, 0.717) is 21.8 Å². The molecule has 3 N–H and O–H groups in total. The summed E-state index contributed by atoms with van der Waals surface area (Å²) in [4.78, 5) is 27.1. The van der Waals surface area contributed by atoms with Gasteiger partial charge in [-0.05, 0) is 35.1 Å². The van der Waals surface area contributed by atoms with E-state index in [1.54, 1.807) is 17.5 Å². The molecule has 0 saturated carbocycles. The summed E-state index contributed by atoms with van der Waals surface area (Å²) in [5.74, 6) is -0.581. The maximum atomic E-state index is 12.4. The Balaban J connectivity index is 1.98. The van der Waals surface area contributed by atoms with Crippen LogP contribution in [-0.2, 0) is 0 Å². The van der Waals surface area contributed by atoms with Crippen LogP contribution in [0.4, 0.5) is 5.69 Å². The van der Waals surface area contributed by atoms with Gasteiger partial charge in [0.05, 0.1) is 10.2 Å². The quantitative estimate of drug-likeness (QED) is 0.686. The molecular weight excluding hydrogens is 312 g/mol. The second-order valence-electron chi connectivity index (χ2n) is 5.58. The minimum atomic E-state index is -0.625. The van der Waals surface area contributed by atoms with Crippen molar-refractivity contribution in [1.82, 2.24) is 4.98 Å². The molecule has 0 saturated heterocycles. The van der Waals surface area contributed by atoms with Crippen molar-refractivity contribution in [2.75, 3.05) is 5.32 Å². The summed E-state index contributed by atoms with van der Waals surface area (Å²) < 4.78 is 0.491. The number of pyridine rings is 1. The Morgan fingerprint density at radius 1 is 1.30 bits per heavy atom.